The summed E-state index contributed by atoms with van der Waals surface area (Å²) in [6.07, 6.45) is 3.25. The molecule has 0 unspecified atom stereocenters. The van der Waals surface area contributed by atoms with Crippen LogP contribution < -0.4 is 15.6 Å². The molecule has 1 aromatic heterocycles. The van der Waals surface area contributed by atoms with Gasteiger partial charge in [0.25, 0.3) is 11.5 Å². The van der Waals surface area contributed by atoms with Crippen molar-refractivity contribution in [2.75, 3.05) is 32.4 Å². The van der Waals surface area contributed by atoms with E-state index in [-0.39, 0.29) is 23.1 Å². The molecule has 3 aromatic rings. The van der Waals surface area contributed by atoms with Crippen LogP contribution in [0.5, 0.6) is 5.75 Å². The highest BCUT2D eigenvalue weighted by atomic mass is 35.5. The Morgan fingerprint density at radius 2 is 1.85 bits per heavy atom. The fraction of sp³-hybridized carbons (Fsp3) is 0.370. The summed E-state index contributed by atoms with van der Waals surface area (Å²) in [7, 11) is -3.47. The van der Waals surface area contributed by atoms with Gasteiger partial charge in [-0.25, -0.2) is 8.42 Å². The molecule has 2 N–H and O–H groups in total. The number of amides is 1. The van der Waals surface area contributed by atoms with E-state index in [0.29, 0.717) is 46.2 Å². The minimum Gasteiger partial charge on any atom is -0.490 e. The van der Waals surface area contributed by atoms with E-state index in [4.69, 9.17) is 32.7 Å². The molecule has 214 valence electrons. The first-order valence-electron chi connectivity index (χ1n) is 12.6. The Hall–Kier alpha value is -3.12. The molecule has 1 aliphatic heterocycles. The van der Waals surface area contributed by atoms with Crippen molar-refractivity contribution < 1.29 is 27.5 Å². The molecule has 1 saturated heterocycles. The van der Waals surface area contributed by atoms with E-state index in [1.54, 1.807) is 18.2 Å². The molecule has 1 aliphatic rings. The van der Waals surface area contributed by atoms with Gasteiger partial charge in [0.05, 0.1) is 21.5 Å². The number of halogens is 2. The van der Waals surface area contributed by atoms with E-state index in [1.165, 1.54) is 31.3 Å². The second kappa shape index (κ2) is 12.6. The quantitative estimate of drug-likeness (QED) is 0.352. The first-order chi connectivity index (χ1) is 18.9. The standard InChI is InChI=1S/C27H29Cl2N3O7S/c1-16(33)38-20(15-32-9-7-18(8-10-32)39-19-3-6-23(28)24(29)12-19)14-31-27(35)25-22-5-4-21(40(2,36)37)11-17(22)13-30-26(25)34/h3-6,11-13,18,20H,7-10,14-15H2,1-2H3,(H,30,34)(H,31,35)/t20-/m1/s1. The van der Waals surface area contributed by atoms with Gasteiger partial charge >= 0.3 is 5.97 Å². The maximum atomic E-state index is 13.1. The molecule has 10 nitrogen and oxygen atoms in total. The number of carbonyl (C=O) groups is 2. The number of benzene rings is 2. The first-order valence-corrected chi connectivity index (χ1v) is 15.2. The van der Waals surface area contributed by atoms with Crippen LogP contribution in [-0.4, -0.2) is 74.8 Å². The molecule has 40 heavy (non-hydrogen) atoms. The maximum Gasteiger partial charge on any atom is 0.303 e. The molecular formula is C27H29Cl2N3O7S. The lowest BCUT2D eigenvalue weighted by Gasteiger charge is -2.34. The molecule has 0 bridgehead atoms. The fourth-order valence-corrected chi connectivity index (χ4v) is 5.54. The van der Waals surface area contributed by atoms with Crippen LogP contribution in [0.1, 0.15) is 30.1 Å². The zero-order valence-corrected chi connectivity index (χ0v) is 24.2. The number of aromatic amines is 1. The number of carbonyl (C=O) groups excluding carboxylic acids is 2. The minimum absolute atomic E-state index is 0.0123. The van der Waals surface area contributed by atoms with Crippen LogP contribution in [0.2, 0.25) is 10.0 Å². The van der Waals surface area contributed by atoms with Crippen molar-refractivity contribution in [3.8, 4) is 5.75 Å². The predicted molar refractivity (Wildman–Crippen MR) is 152 cm³/mol. The number of piperidine rings is 1. The third kappa shape index (κ3) is 7.54. The largest absolute Gasteiger partial charge is 0.490 e. The van der Waals surface area contributed by atoms with Crippen molar-refractivity contribution in [1.29, 1.82) is 0 Å². The third-order valence-corrected chi connectivity index (χ3v) is 8.40. The van der Waals surface area contributed by atoms with Gasteiger partial charge in [0, 0.05) is 55.8 Å². The molecule has 1 atom stereocenters. The maximum absolute atomic E-state index is 13.1. The zero-order chi connectivity index (χ0) is 29.0. The van der Waals surface area contributed by atoms with E-state index >= 15 is 0 Å². The molecule has 2 aromatic carbocycles. The monoisotopic (exact) mass is 609 g/mol. The highest BCUT2D eigenvalue weighted by Gasteiger charge is 2.25. The van der Waals surface area contributed by atoms with Crippen molar-refractivity contribution in [2.24, 2.45) is 0 Å². The number of nitrogens with one attached hydrogen (secondary N) is 2. The molecular weight excluding hydrogens is 581 g/mol. The minimum atomic E-state index is -3.47. The summed E-state index contributed by atoms with van der Waals surface area (Å²) in [4.78, 5) is 42.0. The lowest BCUT2D eigenvalue weighted by Crippen LogP contribution is -2.46. The summed E-state index contributed by atoms with van der Waals surface area (Å²) < 4.78 is 35.3. The summed E-state index contributed by atoms with van der Waals surface area (Å²) >= 11 is 12.0. The molecule has 13 heteroatoms. The van der Waals surface area contributed by atoms with Gasteiger partial charge in [-0.05, 0) is 37.1 Å². The predicted octanol–water partition coefficient (Wildman–Crippen LogP) is 3.44. The number of pyridine rings is 1. The van der Waals surface area contributed by atoms with Crippen molar-refractivity contribution in [3.63, 3.8) is 0 Å². The number of hydrogen-bond acceptors (Lipinski definition) is 8. The molecule has 4 rings (SSSR count). The van der Waals surface area contributed by atoms with Crippen LogP contribution in [0.3, 0.4) is 0 Å². The number of ether oxygens (including phenoxy) is 2. The number of aromatic nitrogens is 1. The van der Waals surface area contributed by atoms with Crippen LogP contribution >= 0.6 is 23.2 Å². The van der Waals surface area contributed by atoms with Crippen molar-refractivity contribution in [3.05, 3.63) is 68.6 Å². The SMILES string of the molecule is CC(=O)O[C@H](CNC(=O)c1c(=O)[nH]cc2cc(S(C)(=O)=O)ccc12)CN1CCC(Oc2ccc(Cl)c(Cl)c2)CC1. The zero-order valence-electron chi connectivity index (χ0n) is 21.9. The number of H-pyrrole nitrogens is 1. The van der Waals surface area contributed by atoms with Crippen molar-refractivity contribution in [1.82, 2.24) is 15.2 Å². The van der Waals surface area contributed by atoms with Gasteiger partial charge in [-0.1, -0.05) is 29.3 Å². The van der Waals surface area contributed by atoms with Crippen LogP contribution in [0.25, 0.3) is 10.8 Å². The summed E-state index contributed by atoms with van der Waals surface area (Å²) in [5.74, 6) is -0.512. The summed E-state index contributed by atoms with van der Waals surface area (Å²) in [5.41, 5.74) is -0.774. The van der Waals surface area contributed by atoms with Crippen LogP contribution in [-0.2, 0) is 19.4 Å². The van der Waals surface area contributed by atoms with Gasteiger partial charge < -0.3 is 19.8 Å². The Balaban J connectivity index is 1.38. The highest BCUT2D eigenvalue weighted by Crippen LogP contribution is 2.28. The number of likely N-dealkylation sites (tertiary alicyclic amines) is 1. The summed E-state index contributed by atoms with van der Waals surface area (Å²) in [6.45, 7) is 3.02. The van der Waals surface area contributed by atoms with Gasteiger partial charge in [-0.15, -0.1) is 0 Å². The number of nitrogens with zero attached hydrogens (tertiary/aromatic N) is 1. The number of hydrogen-bond donors (Lipinski definition) is 2. The van der Waals surface area contributed by atoms with Crippen LogP contribution in [0.4, 0.5) is 0 Å². The molecule has 0 saturated carbocycles. The average molecular weight is 611 g/mol. The number of sulfone groups is 1. The normalized spacial score (nSPS) is 15.5. The second-order valence-corrected chi connectivity index (χ2v) is 12.5. The van der Waals surface area contributed by atoms with Gasteiger partial charge in [-0.3, -0.25) is 19.3 Å². The molecule has 0 aliphatic carbocycles. The van der Waals surface area contributed by atoms with E-state index in [1.807, 2.05) is 0 Å². The van der Waals surface area contributed by atoms with Gasteiger partial charge in [0.15, 0.2) is 9.84 Å². The van der Waals surface area contributed by atoms with Gasteiger partial charge in [-0.2, -0.15) is 0 Å². The molecule has 1 fully saturated rings. The number of rotatable bonds is 9. The summed E-state index contributed by atoms with van der Waals surface area (Å²) in [5, 5.41) is 4.28. The average Bonchev–Trinajstić information content (AvgIpc) is 2.89. The molecule has 0 radical (unpaired) electrons. The van der Waals surface area contributed by atoms with E-state index < -0.39 is 33.4 Å². The van der Waals surface area contributed by atoms with Crippen LogP contribution in [0.15, 0.2) is 52.3 Å². The van der Waals surface area contributed by atoms with E-state index in [2.05, 4.69) is 15.2 Å². The summed E-state index contributed by atoms with van der Waals surface area (Å²) in [6, 6.07) is 9.32. The lowest BCUT2D eigenvalue weighted by molar-refractivity contribution is -0.147. The lowest BCUT2D eigenvalue weighted by atomic mass is 10.1. The number of esters is 1. The van der Waals surface area contributed by atoms with E-state index in [9.17, 15) is 22.8 Å². The van der Waals surface area contributed by atoms with Gasteiger partial charge in [0.2, 0.25) is 0 Å². The molecule has 1 amide bonds. The van der Waals surface area contributed by atoms with Gasteiger partial charge in [0.1, 0.15) is 23.5 Å². The second-order valence-electron chi connectivity index (χ2n) is 9.65. The molecule has 2 heterocycles. The van der Waals surface area contributed by atoms with Crippen LogP contribution in [0, 0.1) is 0 Å². The Morgan fingerprint density at radius 1 is 1.12 bits per heavy atom. The Labute approximate surface area is 241 Å². The van der Waals surface area contributed by atoms with Crippen molar-refractivity contribution >= 4 is 55.7 Å². The number of fused-ring (bicyclic) bond motifs is 1. The topological polar surface area (TPSA) is 135 Å². The Morgan fingerprint density at radius 3 is 2.50 bits per heavy atom. The van der Waals surface area contributed by atoms with Crippen molar-refractivity contribution in [2.45, 2.75) is 36.9 Å². The Kier molecular flexibility index (Phi) is 9.40. The third-order valence-electron chi connectivity index (χ3n) is 6.55. The Bertz CT molecular complexity index is 1580. The first kappa shape index (κ1) is 29.9. The highest BCUT2D eigenvalue weighted by molar-refractivity contribution is 7.90. The fourth-order valence-electron chi connectivity index (χ4n) is 4.60. The van der Waals surface area contributed by atoms with E-state index in [0.717, 1.165) is 19.1 Å². The smallest absolute Gasteiger partial charge is 0.303 e. The molecule has 0 spiro atoms.